The molecule has 0 aliphatic carbocycles. The summed E-state index contributed by atoms with van der Waals surface area (Å²) in [6.07, 6.45) is 11.1. The van der Waals surface area contributed by atoms with E-state index in [2.05, 4.69) is 12.2 Å². The first-order valence-corrected chi connectivity index (χ1v) is 8.21. The van der Waals surface area contributed by atoms with Gasteiger partial charge in [-0.1, -0.05) is 51.9 Å². The van der Waals surface area contributed by atoms with E-state index in [-0.39, 0.29) is 6.10 Å². The standard InChI is InChI=1S/C16H33NO3/c1-3-5-6-7-8-9-10-11-12-19-14-16(20-4-2)13-17-15-18/h15-16H,3-14H2,1-2H3,(H,17,18). The zero-order chi connectivity index (χ0) is 14.9. The van der Waals surface area contributed by atoms with Crippen LogP contribution in [0.2, 0.25) is 0 Å². The number of amides is 1. The smallest absolute Gasteiger partial charge is 0.207 e. The molecule has 0 saturated carbocycles. The molecule has 0 spiro atoms. The number of unbranched alkanes of at least 4 members (excludes halogenated alkanes) is 7. The van der Waals surface area contributed by atoms with Crippen molar-refractivity contribution in [1.29, 1.82) is 0 Å². The molecule has 0 radical (unpaired) electrons. The van der Waals surface area contributed by atoms with Crippen molar-refractivity contribution in [3.05, 3.63) is 0 Å². The Morgan fingerprint density at radius 3 is 2.25 bits per heavy atom. The van der Waals surface area contributed by atoms with Crippen LogP contribution in [0.4, 0.5) is 0 Å². The highest BCUT2D eigenvalue weighted by Crippen LogP contribution is 2.08. The average Bonchev–Trinajstić information content (AvgIpc) is 2.46. The number of hydrogen-bond donors (Lipinski definition) is 1. The first-order valence-electron chi connectivity index (χ1n) is 8.21. The fourth-order valence-corrected chi connectivity index (χ4v) is 2.13. The highest BCUT2D eigenvalue weighted by Gasteiger charge is 2.07. The summed E-state index contributed by atoms with van der Waals surface area (Å²) in [4.78, 5) is 10.2. The van der Waals surface area contributed by atoms with Gasteiger partial charge in [0.15, 0.2) is 0 Å². The van der Waals surface area contributed by atoms with Gasteiger partial charge < -0.3 is 14.8 Å². The summed E-state index contributed by atoms with van der Waals surface area (Å²) in [6.45, 7) is 6.72. The molecule has 0 aromatic carbocycles. The van der Waals surface area contributed by atoms with E-state index in [0.717, 1.165) is 13.0 Å². The monoisotopic (exact) mass is 287 g/mol. The fourth-order valence-electron chi connectivity index (χ4n) is 2.13. The van der Waals surface area contributed by atoms with E-state index in [1.807, 2.05) is 6.92 Å². The maximum absolute atomic E-state index is 10.2. The first-order chi connectivity index (χ1) is 9.85. The van der Waals surface area contributed by atoms with Crippen LogP contribution in [-0.4, -0.2) is 38.9 Å². The average molecular weight is 287 g/mol. The van der Waals surface area contributed by atoms with Gasteiger partial charge in [0, 0.05) is 19.8 Å². The number of nitrogens with one attached hydrogen (secondary N) is 1. The Hall–Kier alpha value is -0.610. The quantitative estimate of drug-likeness (QED) is 0.350. The highest BCUT2D eigenvalue weighted by atomic mass is 16.5. The third kappa shape index (κ3) is 13.8. The Morgan fingerprint density at radius 1 is 1.00 bits per heavy atom. The minimum atomic E-state index is -0.0285. The van der Waals surface area contributed by atoms with Gasteiger partial charge in [0.25, 0.3) is 0 Å². The van der Waals surface area contributed by atoms with E-state index in [4.69, 9.17) is 9.47 Å². The normalized spacial score (nSPS) is 12.3. The molecular formula is C16H33NO3. The third-order valence-corrected chi connectivity index (χ3v) is 3.28. The molecule has 0 rings (SSSR count). The molecule has 0 aliphatic heterocycles. The molecular weight excluding hydrogens is 254 g/mol. The van der Waals surface area contributed by atoms with Crippen LogP contribution >= 0.6 is 0 Å². The van der Waals surface area contributed by atoms with E-state index >= 15 is 0 Å². The minimum absolute atomic E-state index is 0.0285. The largest absolute Gasteiger partial charge is 0.379 e. The molecule has 0 aromatic heterocycles. The van der Waals surface area contributed by atoms with Crippen molar-refractivity contribution in [1.82, 2.24) is 5.32 Å². The van der Waals surface area contributed by atoms with Gasteiger partial charge in [-0.15, -0.1) is 0 Å². The Balaban J connectivity index is 3.29. The highest BCUT2D eigenvalue weighted by molar-refractivity contribution is 5.45. The van der Waals surface area contributed by atoms with Gasteiger partial charge in [-0.25, -0.2) is 0 Å². The van der Waals surface area contributed by atoms with Crippen LogP contribution in [-0.2, 0) is 14.3 Å². The molecule has 0 fully saturated rings. The van der Waals surface area contributed by atoms with Gasteiger partial charge in [-0.2, -0.15) is 0 Å². The van der Waals surface area contributed by atoms with Crippen LogP contribution in [0.1, 0.15) is 65.2 Å². The van der Waals surface area contributed by atoms with Gasteiger partial charge in [-0.05, 0) is 13.3 Å². The maximum Gasteiger partial charge on any atom is 0.207 e. The Labute approximate surface area is 124 Å². The summed E-state index contributed by atoms with van der Waals surface area (Å²) in [6, 6.07) is 0. The molecule has 0 saturated heterocycles. The molecule has 1 N–H and O–H groups in total. The fraction of sp³-hybridized carbons (Fsp3) is 0.938. The van der Waals surface area contributed by atoms with Crippen molar-refractivity contribution in [3.63, 3.8) is 0 Å². The van der Waals surface area contributed by atoms with Crippen molar-refractivity contribution in [2.24, 2.45) is 0 Å². The maximum atomic E-state index is 10.2. The predicted octanol–water partition coefficient (Wildman–Crippen LogP) is 3.29. The zero-order valence-corrected chi connectivity index (χ0v) is 13.4. The van der Waals surface area contributed by atoms with Crippen molar-refractivity contribution in [2.45, 2.75) is 71.3 Å². The van der Waals surface area contributed by atoms with Crippen LogP contribution in [0.5, 0.6) is 0 Å². The minimum Gasteiger partial charge on any atom is -0.379 e. The second-order valence-electron chi connectivity index (χ2n) is 5.15. The SMILES string of the molecule is CCCCCCCCCCOCC(CNC=O)OCC. The number of ether oxygens (including phenoxy) is 2. The lowest BCUT2D eigenvalue weighted by Crippen LogP contribution is -2.32. The summed E-state index contributed by atoms with van der Waals surface area (Å²) >= 11 is 0. The van der Waals surface area contributed by atoms with Crippen LogP contribution in [0.3, 0.4) is 0 Å². The summed E-state index contributed by atoms with van der Waals surface area (Å²) < 4.78 is 11.1. The molecule has 4 nitrogen and oxygen atoms in total. The summed E-state index contributed by atoms with van der Waals surface area (Å²) in [5.41, 5.74) is 0. The first kappa shape index (κ1) is 19.4. The van der Waals surface area contributed by atoms with Crippen LogP contribution in [0.15, 0.2) is 0 Å². The van der Waals surface area contributed by atoms with E-state index in [1.54, 1.807) is 0 Å². The molecule has 120 valence electrons. The molecule has 1 atom stereocenters. The molecule has 0 heterocycles. The zero-order valence-electron chi connectivity index (χ0n) is 13.4. The number of carbonyl (C=O) groups excluding carboxylic acids is 1. The van der Waals surface area contributed by atoms with Crippen molar-refractivity contribution in [3.8, 4) is 0 Å². The van der Waals surface area contributed by atoms with Gasteiger partial charge in [-0.3, -0.25) is 4.79 Å². The number of carbonyl (C=O) groups is 1. The molecule has 1 amide bonds. The van der Waals surface area contributed by atoms with E-state index in [1.165, 1.54) is 44.9 Å². The van der Waals surface area contributed by atoms with Crippen molar-refractivity contribution in [2.75, 3.05) is 26.4 Å². The Morgan fingerprint density at radius 2 is 1.65 bits per heavy atom. The number of hydrogen-bond acceptors (Lipinski definition) is 3. The predicted molar refractivity (Wildman–Crippen MR) is 82.9 cm³/mol. The summed E-state index contributed by atoms with van der Waals surface area (Å²) in [5, 5.41) is 2.63. The second-order valence-corrected chi connectivity index (χ2v) is 5.15. The van der Waals surface area contributed by atoms with Crippen LogP contribution < -0.4 is 5.32 Å². The molecule has 4 heteroatoms. The topological polar surface area (TPSA) is 47.6 Å². The molecule has 0 aromatic rings. The lowest BCUT2D eigenvalue weighted by atomic mass is 10.1. The Kier molecular flexibility index (Phi) is 15.9. The number of rotatable bonds is 16. The summed E-state index contributed by atoms with van der Waals surface area (Å²) in [7, 11) is 0. The lowest BCUT2D eigenvalue weighted by Gasteiger charge is -2.16. The van der Waals surface area contributed by atoms with Gasteiger partial charge in [0.2, 0.25) is 6.41 Å². The third-order valence-electron chi connectivity index (χ3n) is 3.28. The molecule has 0 bridgehead atoms. The Bertz CT molecular complexity index is 200. The van der Waals surface area contributed by atoms with Crippen LogP contribution in [0, 0.1) is 0 Å². The summed E-state index contributed by atoms with van der Waals surface area (Å²) in [5.74, 6) is 0. The lowest BCUT2D eigenvalue weighted by molar-refractivity contribution is -0.110. The second kappa shape index (κ2) is 16.4. The molecule has 1 unspecified atom stereocenters. The van der Waals surface area contributed by atoms with E-state index < -0.39 is 0 Å². The van der Waals surface area contributed by atoms with Gasteiger partial charge in [0.05, 0.1) is 12.7 Å². The van der Waals surface area contributed by atoms with Crippen molar-refractivity contribution < 1.29 is 14.3 Å². The van der Waals surface area contributed by atoms with Crippen molar-refractivity contribution >= 4 is 6.41 Å². The van der Waals surface area contributed by atoms with E-state index in [9.17, 15) is 4.79 Å². The molecule has 0 aliphatic rings. The van der Waals surface area contributed by atoms with Gasteiger partial charge in [0.1, 0.15) is 0 Å². The molecule has 20 heavy (non-hydrogen) atoms. The van der Waals surface area contributed by atoms with E-state index in [0.29, 0.717) is 26.2 Å². The van der Waals surface area contributed by atoms with Crippen LogP contribution in [0.25, 0.3) is 0 Å². The van der Waals surface area contributed by atoms with Gasteiger partial charge >= 0.3 is 0 Å².